The van der Waals surface area contributed by atoms with Crippen LogP contribution in [0.4, 0.5) is 17.1 Å². The third kappa shape index (κ3) is 4.83. The van der Waals surface area contributed by atoms with Crippen molar-refractivity contribution in [1.29, 1.82) is 0 Å². The SMILES string of the molecule is c1ccc(-c2ccc(N(c3ccccc3)c3ccc4c5c6ccccc6ccc5n(-c5cccc(-c6ccccc6)c5)c4c3)cc2)cc1. The lowest BCUT2D eigenvalue weighted by atomic mass is 10.0. The van der Waals surface area contributed by atoms with E-state index in [0.29, 0.717) is 0 Å². The molecule has 1 aromatic heterocycles. The largest absolute Gasteiger partial charge is 0.310 e. The molecule has 0 atom stereocenters. The number of fused-ring (bicyclic) bond motifs is 5. The Balaban J connectivity index is 1.28. The molecule has 0 saturated heterocycles. The maximum absolute atomic E-state index is 2.44. The van der Waals surface area contributed by atoms with Crippen LogP contribution in [0, 0.1) is 0 Å². The van der Waals surface area contributed by atoms with Gasteiger partial charge in [0.15, 0.2) is 0 Å². The van der Waals surface area contributed by atoms with Gasteiger partial charge in [0.05, 0.1) is 11.0 Å². The van der Waals surface area contributed by atoms with Gasteiger partial charge in [0, 0.05) is 33.5 Å². The zero-order valence-corrected chi connectivity index (χ0v) is 26.4. The third-order valence-electron chi connectivity index (χ3n) is 9.36. The number of rotatable bonds is 6. The summed E-state index contributed by atoms with van der Waals surface area (Å²) in [5.41, 5.74) is 11.7. The van der Waals surface area contributed by atoms with E-state index >= 15 is 0 Å². The van der Waals surface area contributed by atoms with Crippen LogP contribution in [0.15, 0.2) is 194 Å². The van der Waals surface area contributed by atoms with E-state index in [9.17, 15) is 0 Å². The Morgan fingerprint density at radius 2 is 0.917 bits per heavy atom. The predicted octanol–water partition coefficient (Wildman–Crippen LogP) is 12.7. The third-order valence-corrected chi connectivity index (χ3v) is 9.36. The second kappa shape index (κ2) is 11.8. The summed E-state index contributed by atoms with van der Waals surface area (Å²) >= 11 is 0. The monoisotopic (exact) mass is 612 g/mol. The first-order valence-electron chi connectivity index (χ1n) is 16.4. The quantitative estimate of drug-likeness (QED) is 0.181. The fourth-order valence-electron chi connectivity index (χ4n) is 7.11. The number of nitrogens with zero attached hydrogens (tertiary/aromatic N) is 2. The Morgan fingerprint density at radius 1 is 0.333 bits per heavy atom. The molecule has 0 bridgehead atoms. The summed E-state index contributed by atoms with van der Waals surface area (Å²) in [5, 5.41) is 5.03. The van der Waals surface area contributed by atoms with Gasteiger partial charge in [-0.05, 0) is 87.6 Å². The van der Waals surface area contributed by atoms with E-state index in [4.69, 9.17) is 0 Å². The van der Waals surface area contributed by atoms with E-state index in [1.54, 1.807) is 0 Å². The Labute approximate surface area is 280 Å². The van der Waals surface area contributed by atoms with E-state index in [2.05, 4.69) is 204 Å². The fourth-order valence-corrected chi connectivity index (χ4v) is 7.11. The minimum atomic E-state index is 1.11. The van der Waals surface area contributed by atoms with E-state index in [1.807, 2.05) is 0 Å². The van der Waals surface area contributed by atoms with Gasteiger partial charge >= 0.3 is 0 Å². The number of hydrogen-bond donors (Lipinski definition) is 0. The van der Waals surface area contributed by atoms with Crippen LogP contribution in [0.1, 0.15) is 0 Å². The van der Waals surface area contributed by atoms with Crippen molar-refractivity contribution in [2.45, 2.75) is 0 Å². The highest BCUT2D eigenvalue weighted by Crippen LogP contribution is 2.42. The van der Waals surface area contributed by atoms with E-state index in [-0.39, 0.29) is 0 Å². The Morgan fingerprint density at radius 3 is 1.67 bits per heavy atom. The molecule has 9 aromatic rings. The summed E-state index contributed by atoms with van der Waals surface area (Å²) in [6, 6.07) is 69.8. The molecule has 0 N–H and O–H groups in total. The normalized spacial score (nSPS) is 11.3. The smallest absolute Gasteiger partial charge is 0.0562 e. The van der Waals surface area contributed by atoms with Gasteiger partial charge in [0.2, 0.25) is 0 Å². The molecule has 2 nitrogen and oxygen atoms in total. The summed E-state index contributed by atoms with van der Waals surface area (Å²) < 4.78 is 2.44. The van der Waals surface area contributed by atoms with Gasteiger partial charge in [0.25, 0.3) is 0 Å². The summed E-state index contributed by atoms with van der Waals surface area (Å²) in [7, 11) is 0. The van der Waals surface area contributed by atoms with Crippen LogP contribution >= 0.6 is 0 Å². The summed E-state index contributed by atoms with van der Waals surface area (Å²) in [5.74, 6) is 0. The summed E-state index contributed by atoms with van der Waals surface area (Å²) in [4.78, 5) is 2.36. The van der Waals surface area contributed by atoms with Crippen molar-refractivity contribution in [3.63, 3.8) is 0 Å². The highest BCUT2D eigenvalue weighted by molar-refractivity contribution is 6.21. The molecule has 0 aliphatic rings. The van der Waals surface area contributed by atoms with E-state index < -0.39 is 0 Å². The molecule has 226 valence electrons. The van der Waals surface area contributed by atoms with Crippen LogP contribution in [-0.2, 0) is 0 Å². The molecule has 0 aliphatic heterocycles. The lowest BCUT2D eigenvalue weighted by molar-refractivity contribution is 1.18. The van der Waals surface area contributed by atoms with E-state index in [0.717, 1.165) is 22.7 Å². The minimum Gasteiger partial charge on any atom is -0.310 e. The van der Waals surface area contributed by atoms with Crippen molar-refractivity contribution in [3.8, 4) is 27.9 Å². The first kappa shape index (κ1) is 27.9. The Kier molecular flexibility index (Phi) is 6.84. The van der Waals surface area contributed by atoms with Crippen LogP contribution in [0.5, 0.6) is 0 Å². The van der Waals surface area contributed by atoms with Gasteiger partial charge in [0.1, 0.15) is 0 Å². The Hall–Kier alpha value is -6.38. The van der Waals surface area contributed by atoms with Crippen LogP contribution in [-0.4, -0.2) is 4.57 Å². The van der Waals surface area contributed by atoms with Crippen LogP contribution in [0.25, 0.3) is 60.5 Å². The van der Waals surface area contributed by atoms with Crippen LogP contribution in [0.2, 0.25) is 0 Å². The van der Waals surface area contributed by atoms with Gasteiger partial charge in [-0.2, -0.15) is 0 Å². The van der Waals surface area contributed by atoms with Crippen LogP contribution < -0.4 is 4.90 Å². The number of benzene rings is 8. The second-order valence-corrected chi connectivity index (χ2v) is 12.2. The Bertz CT molecular complexity index is 2530. The predicted molar refractivity (Wildman–Crippen MR) is 204 cm³/mol. The summed E-state index contributed by atoms with van der Waals surface area (Å²) in [6.45, 7) is 0. The number of para-hydroxylation sites is 1. The zero-order valence-electron chi connectivity index (χ0n) is 26.4. The molecule has 2 heteroatoms. The maximum Gasteiger partial charge on any atom is 0.0562 e. The molecule has 0 spiro atoms. The molecule has 9 rings (SSSR count). The average Bonchev–Trinajstić information content (AvgIpc) is 3.51. The molecule has 1 heterocycles. The molecule has 8 aromatic carbocycles. The minimum absolute atomic E-state index is 1.11. The fraction of sp³-hybridized carbons (Fsp3) is 0. The van der Waals surface area contributed by atoms with Gasteiger partial charge in [-0.3, -0.25) is 0 Å². The topological polar surface area (TPSA) is 8.17 Å². The molecular weight excluding hydrogens is 581 g/mol. The van der Waals surface area contributed by atoms with Gasteiger partial charge in [-0.25, -0.2) is 0 Å². The highest BCUT2D eigenvalue weighted by Gasteiger charge is 2.19. The van der Waals surface area contributed by atoms with Crippen molar-refractivity contribution in [2.75, 3.05) is 4.90 Å². The zero-order chi connectivity index (χ0) is 31.9. The molecular formula is C46H32N2. The van der Waals surface area contributed by atoms with Crippen molar-refractivity contribution in [2.24, 2.45) is 0 Å². The molecule has 0 amide bonds. The van der Waals surface area contributed by atoms with Crippen molar-refractivity contribution >= 4 is 49.6 Å². The molecule has 0 aliphatic carbocycles. The average molecular weight is 613 g/mol. The van der Waals surface area contributed by atoms with Crippen LogP contribution in [0.3, 0.4) is 0 Å². The standard InChI is InChI=1S/C46H32N2/c1-4-13-33(14-5-1)35-23-26-39(27-24-35)47(38-19-8-3-9-20-38)41-28-29-43-45(32-41)48(44-30-25-36-17-10-11-22-42(36)46(43)44)40-21-12-18-37(31-40)34-15-6-2-7-16-34/h1-32H. The second-order valence-electron chi connectivity index (χ2n) is 12.2. The van der Waals surface area contributed by atoms with Crippen molar-refractivity contribution in [1.82, 2.24) is 4.57 Å². The van der Waals surface area contributed by atoms with Gasteiger partial charge in [-0.15, -0.1) is 0 Å². The first-order chi connectivity index (χ1) is 23.8. The molecule has 0 saturated carbocycles. The van der Waals surface area contributed by atoms with Crippen molar-refractivity contribution in [3.05, 3.63) is 194 Å². The molecule has 0 fully saturated rings. The number of anilines is 3. The number of aromatic nitrogens is 1. The van der Waals surface area contributed by atoms with Crippen molar-refractivity contribution < 1.29 is 0 Å². The molecule has 0 unspecified atom stereocenters. The maximum atomic E-state index is 2.44. The number of hydrogen-bond acceptors (Lipinski definition) is 1. The van der Waals surface area contributed by atoms with Gasteiger partial charge in [-0.1, -0.05) is 140 Å². The molecule has 0 radical (unpaired) electrons. The summed E-state index contributed by atoms with van der Waals surface area (Å²) in [6.07, 6.45) is 0. The molecule has 48 heavy (non-hydrogen) atoms. The highest BCUT2D eigenvalue weighted by atomic mass is 15.1. The lowest BCUT2D eigenvalue weighted by Crippen LogP contribution is -2.10. The first-order valence-corrected chi connectivity index (χ1v) is 16.4. The van der Waals surface area contributed by atoms with E-state index in [1.165, 1.54) is 54.8 Å². The van der Waals surface area contributed by atoms with Gasteiger partial charge < -0.3 is 9.47 Å². The lowest BCUT2D eigenvalue weighted by Gasteiger charge is -2.26.